The summed E-state index contributed by atoms with van der Waals surface area (Å²) in [4.78, 5) is 39.3. The summed E-state index contributed by atoms with van der Waals surface area (Å²) in [5, 5.41) is 15.1. The van der Waals surface area contributed by atoms with Crippen LogP contribution in [0.5, 0.6) is 0 Å². The van der Waals surface area contributed by atoms with Crippen molar-refractivity contribution < 1.29 is 45.8 Å². The van der Waals surface area contributed by atoms with Gasteiger partial charge in [-0.2, -0.15) is 26.3 Å². The minimum Gasteiger partial charge on any atom is -0.481 e. The maximum Gasteiger partial charge on any atom is 0.416 e. The summed E-state index contributed by atoms with van der Waals surface area (Å²) in [5.74, 6) is -2.69. The fourth-order valence-corrected chi connectivity index (χ4v) is 5.66. The highest BCUT2D eigenvalue weighted by Crippen LogP contribution is 2.35. The molecule has 0 spiro atoms. The Kier molecular flexibility index (Phi) is 10.8. The third-order valence-corrected chi connectivity index (χ3v) is 8.57. The summed E-state index contributed by atoms with van der Waals surface area (Å²) >= 11 is 0. The minimum absolute atomic E-state index is 0.0112. The number of hydrogen-bond acceptors (Lipinski definition) is 3. The van der Waals surface area contributed by atoms with Gasteiger partial charge >= 0.3 is 18.3 Å². The predicted molar refractivity (Wildman–Crippen MR) is 189 cm³/mol. The van der Waals surface area contributed by atoms with Crippen LogP contribution in [-0.2, 0) is 22.6 Å². The Labute approximate surface area is 301 Å². The van der Waals surface area contributed by atoms with Gasteiger partial charge in [0.25, 0.3) is 11.8 Å². The Hall–Kier alpha value is -5.91. The average molecular weight is 733 g/mol. The first-order valence-electron chi connectivity index (χ1n) is 16.3. The van der Waals surface area contributed by atoms with E-state index in [0.717, 1.165) is 29.8 Å². The first-order chi connectivity index (χ1) is 24.8. The van der Waals surface area contributed by atoms with Crippen molar-refractivity contribution in [1.82, 2.24) is 5.32 Å². The lowest BCUT2D eigenvalue weighted by atomic mass is 9.86. The van der Waals surface area contributed by atoms with Gasteiger partial charge in [0.1, 0.15) is 0 Å². The van der Waals surface area contributed by atoms with E-state index in [1.54, 1.807) is 24.3 Å². The number of rotatable bonds is 9. The molecule has 0 aliphatic carbocycles. The Bertz CT molecular complexity index is 2130. The van der Waals surface area contributed by atoms with E-state index in [9.17, 15) is 45.8 Å². The molecule has 0 saturated carbocycles. The molecule has 0 saturated heterocycles. The smallest absolute Gasteiger partial charge is 0.416 e. The molecule has 2 amide bonds. The number of benzene rings is 5. The number of carboxylic acid groups (broad SMARTS) is 1. The van der Waals surface area contributed by atoms with Gasteiger partial charge in [0.15, 0.2) is 0 Å². The molecule has 1 atom stereocenters. The van der Waals surface area contributed by atoms with E-state index in [4.69, 9.17) is 0 Å². The zero-order chi connectivity index (χ0) is 38.7. The standard InChI is InChI=1S/C41H34F6N2O4/c1-39(2,3)30-17-14-26(15-18-30)37(52)48-34-19-16-29(28-7-5-9-32(21-28)41(45,46)47)22-33(34)38(53)49-35(23-36(50)51)25-12-10-24(11-13-25)27-6-4-8-31(20-27)40(42,43)44/h4-22,35H,23H2,1-3H3,(H,48,52)(H,49,53)(H,50,51). The normalized spacial score (nSPS) is 12.5. The van der Waals surface area contributed by atoms with Crippen LogP contribution in [-0.4, -0.2) is 22.9 Å². The lowest BCUT2D eigenvalue weighted by Gasteiger charge is -2.20. The number of anilines is 1. The van der Waals surface area contributed by atoms with E-state index in [-0.39, 0.29) is 38.9 Å². The van der Waals surface area contributed by atoms with Crippen molar-refractivity contribution in [2.24, 2.45) is 0 Å². The zero-order valence-electron chi connectivity index (χ0n) is 28.7. The molecule has 5 rings (SSSR count). The van der Waals surface area contributed by atoms with Gasteiger partial charge in [0, 0.05) is 5.56 Å². The first kappa shape index (κ1) is 38.3. The lowest BCUT2D eigenvalue weighted by molar-refractivity contribution is -0.138. The topological polar surface area (TPSA) is 95.5 Å². The summed E-state index contributed by atoms with van der Waals surface area (Å²) in [6.07, 6.45) is -9.78. The second kappa shape index (κ2) is 15.0. The summed E-state index contributed by atoms with van der Waals surface area (Å²) in [6, 6.07) is 24.9. The van der Waals surface area contributed by atoms with E-state index in [0.29, 0.717) is 11.1 Å². The molecule has 53 heavy (non-hydrogen) atoms. The maximum absolute atomic E-state index is 14.0. The van der Waals surface area contributed by atoms with Gasteiger partial charge in [-0.05, 0) is 87.3 Å². The molecular weight excluding hydrogens is 698 g/mol. The fraction of sp³-hybridized carbons (Fsp3) is 0.195. The fourth-order valence-electron chi connectivity index (χ4n) is 5.66. The predicted octanol–water partition coefficient (Wildman–Crippen LogP) is 10.6. The SMILES string of the molecule is CC(C)(C)c1ccc(C(=O)Nc2ccc(-c3cccc(C(F)(F)F)c3)cc2C(=O)NC(CC(=O)O)c2ccc(-c3cccc(C(F)(F)F)c3)cc2)cc1. The summed E-state index contributed by atoms with van der Waals surface area (Å²) in [5.41, 5.74) is 0.528. The summed E-state index contributed by atoms with van der Waals surface area (Å²) in [6.45, 7) is 6.05. The van der Waals surface area contributed by atoms with Gasteiger partial charge in [-0.1, -0.05) is 87.5 Å². The van der Waals surface area contributed by atoms with Crippen LogP contribution < -0.4 is 10.6 Å². The molecule has 0 heterocycles. The second-order valence-corrected chi connectivity index (χ2v) is 13.4. The van der Waals surface area contributed by atoms with Crippen LogP contribution in [0.25, 0.3) is 22.3 Å². The minimum atomic E-state index is -4.63. The van der Waals surface area contributed by atoms with E-state index in [1.165, 1.54) is 66.7 Å². The number of alkyl halides is 6. The number of amides is 2. The third-order valence-electron chi connectivity index (χ3n) is 8.57. The van der Waals surface area contributed by atoms with Gasteiger partial charge < -0.3 is 15.7 Å². The van der Waals surface area contributed by atoms with Gasteiger partial charge in [0.2, 0.25) is 0 Å². The molecule has 274 valence electrons. The molecule has 5 aromatic carbocycles. The first-order valence-corrected chi connectivity index (χ1v) is 16.3. The maximum atomic E-state index is 14.0. The second-order valence-electron chi connectivity index (χ2n) is 13.4. The van der Waals surface area contributed by atoms with E-state index >= 15 is 0 Å². The highest BCUT2D eigenvalue weighted by atomic mass is 19.4. The molecule has 5 aromatic rings. The van der Waals surface area contributed by atoms with Crippen LogP contribution in [0.1, 0.15) is 76.2 Å². The molecule has 0 bridgehead atoms. The number of hydrogen-bond donors (Lipinski definition) is 3. The van der Waals surface area contributed by atoms with Crippen LogP contribution in [0.15, 0.2) is 115 Å². The summed E-state index contributed by atoms with van der Waals surface area (Å²) in [7, 11) is 0. The monoisotopic (exact) mass is 732 g/mol. The van der Waals surface area contributed by atoms with Gasteiger partial charge in [-0.15, -0.1) is 0 Å². The van der Waals surface area contributed by atoms with Crippen molar-refractivity contribution in [2.75, 3.05) is 5.32 Å². The van der Waals surface area contributed by atoms with Crippen LogP contribution >= 0.6 is 0 Å². The van der Waals surface area contributed by atoms with Crippen molar-refractivity contribution in [2.45, 2.75) is 51.0 Å². The van der Waals surface area contributed by atoms with E-state index < -0.39 is 53.7 Å². The number of carbonyl (C=O) groups excluding carboxylic acids is 2. The zero-order valence-corrected chi connectivity index (χ0v) is 28.7. The van der Waals surface area contributed by atoms with Crippen LogP contribution in [0.2, 0.25) is 0 Å². The molecule has 0 aromatic heterocycles. The van der Waals surface area contributed by atoms with Crippen LogP contribution in [0.4, 0.5) is 32.0 Å². The van der Waals surface area contributed by atoms with Crippen molar-refractivity contribution in [3.05, 3.63) is 149 Å². The third kappa shape index (κ3) is 9.50. The molecular formula is C41H34F6N2O4. The van der Waals surface area contributed by atoms with Crippen molar-refractivity contribution in [3.8, 4) is 22.3 Å². The summed E-state index contributed by atoms with van der Waals surface area (Å²) < 4.78 is 80.5. The molecule has 0 aliphatic heterocycles. The largest absolute Gasteiger partial charge is 0.481 e. The van der Waals surface area contributed by atoms with Crippen molar-refractivity contribution >= 4 is 23.5 Å². The number of aliphatic carboxylic acids is 1. The van der Waals surface area contributed by atoms with Crippen molar-refractivity contribution in [1.29, 1.82) is 0 Å². The molecule has 3 N–H and O–H groups in total. The molecule has 0 aliphatic rings. The van der Waals surface area contributed by atoms with Crippen molar-refractivity contribution in [3.63, 3.8) is 0 Å². The number of carbonyl (C=O) groups is 3. The average Bonchev–Trinajstić information content (AvgIpc) is 3.10. The highest BCUT2D eigenvalue weighted by molar-refractivity contribution is 6.09. The Morgan fingerprint density at radius 1 is 0.604 bits per heavy atom. The molecule has 0 radical (unpaired) electrons. The Balaban J connectivity index is 1.49. The quantitative estimate of drug-likeness (QED) is 0.132. The molecule has 1 unspecified atom stereocenters. The van der Waals surface area contributed by atoms with Crippen LogP contribution in [0, 0.1) is 0 Å². The lowest BCUT2D eigenvalue weighted by Crippen LogP contribution is -2.31. The van der Waals surface area contributed by atoms with Gasteiger partial charge in [-0.3, -0.25) is 14.4 Å². The number of nitrogens with one attached hydrogen (secondary N) is 2. The van der Waals surface area contributed by atoms with Crippen LogP contribution in [0.3, 0.4) is 0 Å². The highest BCUT2D eigenvalue weighted by Gasteiger charge is 2.32. The van der Waals surface area contributed by atoms with Gasteiger partial charge in [-0.25, -0.2) is 0 Å². The molecule has 0 fully saturated rings. The van der Waals surface area contributed by atoms with Gasteiger partial charge in [0.05, 0.1) is 34.8 Å². The Morgan fingerprint density at radius 2 is 1.11 bits per heavy atom. The Morgan fingerprint density at radius 3 is 1.62 bits per heavy atom. The molecule has 6 nitrogen and oxygen atoms in total. The molecule has 12 heteroatoms. The van der Waals surface area contributed by atoms with E-state index in [1.807, 2.05) is 20.8 Å². The van der Waals surface area contributed by atoms with E-state index in [2.05, 4.69) is 10.6 Å². The number of carboxylic acids is 1. The number of halogens is 6.